The second-order valence-corrected chi connectivity index (χ2v) is 6.60. The van der Waals surface area contributed by atoms with E-state index in [0.717, 1.165) is 0 Å². The first-order valence-corrected chi connectivity index (χ1v) is 5.60. The Kier molecular flexibility index (Phi) is 3.01. The highest BCUT2D eigenvalue weighted by atomic mass is 16.2. The Bertz CT molecular complexity index is 353. The molecule has 2 amide bonds. The summed E-state index contributed by atoms with van der Waals surface area (Å²) in [6, 6.07) is 0. The van der Waals surface area contributed by atoms with Crippen LogP contribution in [0.1, 0.15) is 41.5 Å². The van der Waals surface area contributed by atoms with E-state index in [-0.39, 0.29) is 22.6 Å². The first-order chi connectivity index (χ1) is 7.02. The molecule has 1 aliphatic rings. The van der Waals surface area contributed by atoms with Crippen molar-refractivity contribution in [1.29, 1.82) is 0 Å². The highest BCUT2D eigenvalue weighted by molar-refractivity contribution is 6.16. The highest BCUT2D eigenvalue weighted by Crippen LogP contribution is 2.32. The first-order valence-electron chi connectivity index (χ1n) is 5.60. The lowest BCUT2D eigenvalue weighted by Gasteiger charge is -2.27. The van der Waals surface area contributed by atoms with Crippen molar-refractivity contribution in [3.63, 3.8) is 0 Å². The van der Waals surface area contributed by atoms with Crippen molar-refractivity contribution in [3.8, 4) is 0 Å². The summed E-state index contributed by atoms with van der Waals surface area (Å²) in [7, 11) is 0. The van der Waals surface area contributed by atoms with Crippen LogP contribution >= 0.6 is 0 Å². The number of hydrogen-bond donors (Lipinski definition) is 0. The van der Waals surface area contributed by atoms with Gasteiger partial charge in [-0.3, -0.25) is 14.5 Å². The normalized spacial score (nSPS) is 18.1. The van der Waals surface area contributed by atoms with E-state index in [9.17, 15) is 9.59 Å². The van der Waals surface area contributed by atoms with Gasteiger partial charge in [-0.25, -0.2) is 0 Å². The maximum Gasteiger partial charge on any atom is 0.257 e. The number of imide groups is 1. The van der Waals surface area contributed by atoms with Crippen LogP contribution in [-0.4, -0.2) is 23.3 Å². The molecule has 16 heavy (non-hydrogen) atoms. The van der Waals surface area contributed by atoms with Gasteiger partial charge in [0.1, 0.15) is 0 Å². The number of amides is 2. The molecule has 0 aliphatic carbocycles. The van der Waals surface area contributed by atoms with Crippen LogP contribution in [0.4, 0.5) is 0 Å². The molecular formula is C13H21NO2. The largest absolute Gasteiger partial charge is 0.275 e. The summed E-state index contributed by atoms with van der Waals surface area (Å²) in [5.41, 5.74) is 0.285. The molecule has 0 saturated heterocycles. The van der Waals surface area contributed by atoms with Gasteiger partial charge in [-0.1, -0.05) is 41.5 Å². The van der Waals surface area contributed by atoms with Gasteiger partial charge in [-0.15, -0.1) is 0 Å². The molecule has 0 atom stereocenters. The van der Waals surface area contributed by atoms with Crippen LogP contribution < -0.4 is 0 Å². The van der Waals surface area contributed by atoms with Crippen molar-refractivity contribution in [3.05, 3.63) is 11.6 Å². The van der Waals surface area contributed by atoms with Gasteiger partial charge in [0.2, 0.25) is 0 Å². The van der Waals surface area contributed by atoms with E-state index in [0.29, 0.717) is 12.1 Å². The SMILES string of the molecule is CC(C)(C)CN1C(=O)C=C(C(C)(C)C)C1=O. The molecule has 0 spiro atoms. The van der Waals surface area contributed by atoms with Crippen molar-refractivity contribution in [2.75, 3.05) is 6.54 Å². The van der Waals surface area contributed by atoms with E-state index >= 15 is 0 Å². The summed E-state index contributed by atoms with van der Waals surface area (Å²) in [6.45, 7) is 12.4. The Morgan fingerprint density at radius 1 is 1.06 bits per heavy atom. The van der Waals surface area contributed by atoms with Gasteiger partial charge in [-0.2, -0.15) is 0 Å². The minimum Gasteiger partial charge on any atom is -0.275 e. The predicted molar refractivity (Wildman–Crippen MR) is 63.7 cm³/mol. The van der Waals surface area contributed by atoms with Gasteiger partial charge in [0.05, 0.1) is 0 Å². The highest BCUT2D eigenvalue weighted by Gasteiger charge is 2.38. The summed E-state index contributed by atoms with van der Waals surface area (Å²) in [5, 5.41) is 0. The second-order valence-electron chi connectivity index (χ2n) is 6.60. The molecular weight excluding hydrogens is 202 g/mol. The molecule has 0 saturated carbocycles. The molecule has 3 nitrogen and oxygen atoms in total. The van der Waals surface area contributed by atoms with Gasteiger partial charge < -0.3 is 0 Å². The first kappa shape index (κ1) is 12.9. The van der Waals surface area contributed by atoms with Crippen LogP contribution in [0, 0.1) is 10.8 Å². The van der Waals surface area contributed by atoms with Gasteiger partial charge in [0.25, 0.3) is 11.8 Å². The Balaban J connectivity index is 2.92. The van der Waals surface area contributed by atoms with Gasteiger partial charge >= 0.3 is 0 Å². The number of carbonyl (C=O) groups is 2. The average molecular weight is 223 g/mol. The number of carbonyl (C=O) groups excluding carboxylic acids is 2. The van der Waals surface area contributed by atoms with E-state index in [1.54, 1.807) is 0 Å². The summed E-state index contributed by atoms with van der Waals surface area (Å²) >= 11 is 0. The Hall–Kier alpha value is -1.12. The van der Waals surface area contributed by atoms with E-state index in [1.807, 2.05) is 41.5 Å². The van der Waals surface area contributed by atoms with Crippen molar-refractivity contribution >= 4 is 11.8 Å². The van der Waals surface area contributed by atoms with E-state index in [2.05, 4.69) is 0 Å². The van der Waals surface area contributed by atoms with E-state index < -0.39 is 0 Å². The number of nitrogens with zero attached hydrogens (tertiary/aromatic N) is 1. The molecule has 90 valence electrons. The maximum atomic E-state index is 12.1. The minimum atomic E-state index is -0.265. The van der Waals surface area contributed by atoms with Gasteiger partial charge in [0.15, 0.2) is 0 Å². The van der Waals surface area contributed by atoms with Crippen LogP contribution in [0.3, 0.4) is 0 Å². The van der Waals surface area contributed by atoms with Crippen molar-refractivity contribution in [1.82, 2.24) is 4.90 Å². The summed E-state index contributed by atoms with van der Waals surface area (Å²) < 4.78 is 0. The zero-order valence-corrected chi connectivity index (χ0v) is 11.0. The molecule has 0 N–H and O–H groups in total. The molecule has 0 unspecified atom stereocenters. The molecule has 0 aromatic heterocycles. The fraction of sp³-hybridized carbons (Fsp3) is 0.692. The summed E-state index contributed by atoms with van der Waals surface area (Å²) in [6.07, 6.45) is 1.48. The minimum absolute atomic E-state index is 0.0630. The lowest BCUT2D eigenvalue weighted by molar-refractivity contribution is -0.139. The van der Waals surface area contributed by atoms with Crippen molar-refractivity contribution < 1.29 is 9.59 Å². The lowest BCUT2D eigenvalue weighted by Crippen LogP contribution is -2.39. The molecule has 0 aromatic carbocycles. The van der Waals surface area contributed by atoms with Crippen molar-refractivity contribution in [2.45, 2.75) is 41.5 Å². The lowest BCUT2D eigenvalue weighted by atomic mass is 9.86. The molecule has 1 rings (SSSR count). The van der Waals surface area contributed by atoms with Crippen molar-refractivity contribution in [2.24, 2.45) is 10.8 Å². The predicted octanol–water partition coefficient (Wildman–Crippen LogP) is 2.37. The van der Waals surface area contributed by atoms with Crippen LogP contribution in [0.2, 0.25) is 0 Å². The maximum absolute atomic E-state index is 12.1. The Morgan fingerprint density at radius 3 is 1.88 bits per heavy atom. The number of hydrogen-bond acceptors (Lipinski definition) is 2. The van der Waals surface area contributed by atoms with E-state index in [4.69, 9.17) is 0 Å². The fourth-order valence-electron chi connectivity index (χ4n) is 1.67. The molecule has 1 heterocycles. The van der Waals surface area contributed by atoms with Crippen LogP contribution in [0.25, 0.3) is 0 Å². The standard InChI is InChI=1S/C13H21NO2/c1-12(2,3)8-14-10(15)7-9(11(14)16)13(4,5)6/h7H,8H2,1-6H3. The third kappa shape index (κ3) is 2.71. The van der Waals surface area contributed by atoms with Gasteiger partial charge in [0, 0.05) is 18.2 Å². The average Bonchev–Trinajstić information content (AvgIpc) is 2.28. The molecule has 0 bridgehead atoms. The molecule has 0 fully saturated rings. The summed E-state index contributed by atoms with van der Waals surface area (Å²) in [4.78, 5) is 25.2. The Labute approximate surface area is 97.5 Å². The zero-order valence-electron chi connectivity index (χ0n) is 11.0. The smallest absolute Gasteiger partial charge is 0.257 e. The third-order valence-electron chi connectivity index (χ3n) is 2.45. The zero-order chi connectivity index (χ0) is 12.7. The van der Waals surface area contributed by atoms with Crippen LogP contribution in [-0.2, 0) is 9.59 Å². The Morgan fingerprint density at radius 2 is 1.56 bits per heavy atom. The second kappa shape index (κ2) is 3.72. The monoisotopic (exact) mass is 223 g/mol. The fourth-order valence-corrected chi connectivity index (χ4v) is 1.67. The van der Waals surface area contributed by atoms with Crippen LogP contribution in [0.15, 0.2) is 11.6 Å². The molecule has 1 aliphatic heterocycles. The summed E-state index contributed by atoms with van der Waals surface area (Å²) in [5.74, 6) is -0.308. The molecule has 0 radical (unpaired) electrons. The third-order valence-corrected chi connectivity index (χ3v) is 2.45. The van der Waals surface area contributed by atoms with Crippen LogP contribution in [0.5, 0.6) is 0 Å². The quantitative estimate of drug-likeness (QED) is 0.640. The molecule has 3 heteroatoms. The molecule has 0 aromatic rings. The van der Waals surface area contributed by atoms with Gasteiger partial charge in [-0.05, 0) is 10.8 Å². The number of rotatable bonds is 1. The van der Waals surface area contributed by atoms with E-state index in [1.165, 1.54) is 11.0 Å². The topological polar surface area (TPSA) is 37.4 Å².